The lowest BCUT2D eigenvalue weighted by Gasteiger charge is -2.26. The van der Waals surface area contributed by atoms with Gasteiger partial charge in [-0.2, -0.15) is 0 Å². The number of amides is 1. The summed E-state index contributed by atoms with van der Waals surface area (Å²) in [7, 11) is 0. The zero-order valence-corrected chi connectivity index (χ0v) is 14.2. The van der Waals surface area contributed by atoms with Gasteiger partial charge in [0.05, 0.1) is 0 Å². The van der Waals surface area contributed by atoms with Gasteiger partial charge in [0.2, 0.25) is 0 Å². The highest BCUT2D eigenvalue weighted by Gasteiger charge is 2.33. The van der Waals surface area contributed by atoms with E-state index in [0.29, 0.717) is 11.3 Å². The van der Waals surface area contributed by atoms with Gasteiger partial charge in [-0.05, 0) is 63.1 Å². The Hall–Kier alpha value is -2.62. The molecule has 0 N–H and O–H groups in total. The maximum Gasteiger partial charge on any atom is 0.268 e. The average molecular weight is 323 g/mol. The molecule has 2 aromatic rings. The number of fused-ring (bicyclic) bond motifs is 1. The quantitative estimate of drug-likeness (QED) is 0.807. The van der Waals surface area contributed by atoms with Gasteiger partial charge < -0.3 is 9.64 Å². The number of carbonyl (C=O) groups is 2. The van der Waals surface area contributed by atoms with Crippen molar-refractivity contribution < 1.29 is 14.3 Å². The Balaban J connectivity index is 1.74. The molecule has 1 aliphatic rings. The highest BCUT2D eigenvalue weighted by Crippen LogP contribution is 2.32. The summed E-state index contributed by atoms with van der Waals surface area (Å²) in [4.78, 5) is 26.0. The van der Waals surface area contributed by atoms with Gasteiger partial charge >= 0.3 is 0 Å². The van der Waals surface area contributed by atoms with Crippen LogP contribution in [-0.4, -0.2) is 23.8 Å². The van der Waals surface area contributed by atoms with Crippen LogP contribution in [0.15, 0.2) is 48.5 Å². The zero-order valence-electron chi connectivity index (χ0n) is 14.2. The molecule has 0 radical (unpaired) electrons. The second-order valence-electron chi connectivity index (χ2n) is 6.23. The molecule has 124 valence electrons. The van der Waals surface area contributed by atoms with Crippen LogP contribution in [0.3, 0.4) is 0 Å². The molecule has 0 saturated heterocycles. The molecule has 0 saturated carbocycles. The number of para-hydroxylation sites is 1. The van der Waals surface area contributed by atoms with E-state index in [1.807, 2.05) is 30.0 Å². The van der Waals surface area contributed by atoms with E-state index < -0.39 is 6.10 Å². The second kappa shape index (κ2) is 6.48. The number of ether oxygens (including phenoxy) is 1. The van der Waals surface area contributed by atoms with Gasteiger partial charge in [-0.1, -0.05) is 18.2 Å². The van der Waals surface area contributed by atoms with Crippen molar-refractivity contribution in [3.05, 3.63) is 59.7 Å². The molecule has 0 aromatic heterocycles. The molecule has 4 heteroatoms. The molecular weight excluding hydrogens is 302 g/mol. The van der Waals surface area contributed by atoms with E-state index in [1.54, 1.807) is 31.2 Å². The van der Waals surface area contributed by atoms with Crippen LogP contribution in [0.4, 0.5) is 5.69 Å². The van der Waals surface area contributed by atoms with E-state index >= 15 is 0 Å². The van der Waals surface area contributed by atoms with E-state index in [9.17, 15) is 9.59 Å². The van der Waals surface area contributed by atoms with Crippen LogP contribution >= 0.6 is 0 Å². The van der Waals surface area contributed by atoms with Crippen molar-refractivity contribution in [1.82, 2.24) is 0 Å². The fraction of sp³-hybridized carbons (Fsp3) is 0.300. The monoisotopic (exact) mass is 323 g/mol. The summed E-state index contributed by atoms with van der Waals surface area (Å²) in [6, 6.07) is 15.0. The molecule has 0 bridgehead atoms. The van der Waals surface area contributed by atoms with Gasteiger partial charge in [-0.25, -0.2) is 0 Å². The summed E-state index contributed by atoms with van der Waals surface area (Å²) in [5, 5.41) is 0. The molecule has 0 fully saturated rings. The van der Waals surface area contributed by atoms with Crippen LogP contribution in [0.25, 0.3) is 0 Å². The lowest BCUT2D eigenvalue weighted by atomic mass is 10.1. The number of Topliss-reactive ketones (excluding diaryl/α,β-unsaturated/α-hetero) is 1. The van der Waals surface area contributed by atoms with Gasteiger partial charge in [-0.3, -0.25) is 9.59 Å². The maximum atomic E-state index is 12.8. The predicted octanol–water partition coefficient (Wildman–Crippen LogP) is 3.63. The average Bonchev–Trinajstić information content (AvgIpc) is 2.90. The van der Waals surface area contributed by atoms with Crippen molar-refractivity contribution in [2.24, 2.45) is 0 Å². The van der Waals surface area contributed by atoms with Crippen LogP contribution < -0.4 is 9.64 Å². The van der Waals surface area contributed by atoms with Crippen molar-refractivity contribution in [2.75, 3.05) is 4.90 Å². The molecular formula is C20H21NO3. The third-order valence-electron chi connectivity index (χ3n) is 4.37. The molecule has 4 nitrogen and oxygen atoms in total. The van der Waals surface area contributed by atoms with Gasteiger partial charge in [0, 0.05) is 17.3 Å². The Kier molecular flexibility index (Phi) is 4.38. The Morgan fingerprint density at radius 1 is 1.12 bits per heavy atom. The van der Waals surface area contributed by atoms with Gasteiger partial charge in [0.25, 0.3) is 5.91 Å². The van der Waals surface area contributed by atoms with Crippen LogP contribution in [0.1, 0.15) is 36.7 Å². The molecule has 3 rings (SSSR count). The summed E-state index contributed by atoms with van der Waals surface area (Å²) in [6.07, 6.45) is 0.267. The van der Waals surface area contributed by atoms with Crippen LogP contribution in [-0.2, 0) is 11.2 Å². The Morgan fingerprint density at radius 3 is 2.46 bits per heavy atom. The Morgan fingerprint density at radius 2 is 1.79 bits per heavy atom. The minimum atomic E-state index is -0.596. The van der Waals surface area contributed by atoms with Gasteiger partial charge in [-0.15, -0.1) is 0 Å². The third-order valence-corrected chi connectivity index (χ3v) is 4.37. The molecule has 2 aromatic carbocycles. The number of anilines is 1. The Labute approximate surface area is 142 Å². The standard InChI is InChI=1S/C20H21NO3/c1-13-12-17-6-4-5-7-19(17)21(13)20(23)15(3)24-18-10-8-16(9-11-18)14(2)22/h4-11,13,15H,12H2,1-3H3/t13-,15-/m0/s1. The van der Waals surface area contributed by atoms with E-state index in [0.717, 1.165) is 12.1 Å². The Bertz CT molecular complexity index is 767. The number of ketones is 1. The first-order valence-corrected chi connectivity index (χ1v) is 8.16. The van der Waals surface area contributed by atoms with Crippen molar-refractivity contribution in [2.45, 2.75) is 39.3 Å². The van der Waals surface area contributed by atoms with Crippen LogP contribution in [0.2, 0.25) is 0 Å². The van der Waals surface area contributed by atoms with Crippen molar-refractivity contribution in [3.63, 3.8) is 0 Å². The second-order valence-corrected chi connectivity index (χ2v) is 6.23. The number of carbonyl (C=O) groups excluding carboxylic acids is 2. The SMILES string of the molecule is CC(=O)c1ccc(O[C@@H](C)C(=O)N2c3ccccc3C[C@@H]2C)cc1. The molecule has 0 aliphatic carbocycles. The summed E-state index contributed by atoms with van der Waals surface area (Å²) < 4.78 is 5.78. The summed E-state index contributed by atoms with van der Waals surface area (Å²) in [5.74, 6) is 0.539. The zero-order chi connectivity index (χ0) is 17.3. The lowest BCUT2D eigenvalue weighted by molar-refractivity contribution is -0.124. The van der Waals surface area contributed by atoms with E-state index in [-0.39, 0.29) is 17.7 Å². The first-order chi connectivity index (χ1) is 11.5. The topological polar surface area (TPSA) is 46.6 Å². The smallest absolute Gasteiger partial charge is 0.268 e. The first kappa shape index (κ1) is 16.2. The summed E-state index contributed by atoms with van der Waals surface area (Å²) in [6.45, 7) is 5.33. The van der Waals surface area contributed by atoms with Crippen molar-refractivity contribution >= 4 is 17.4 Å². The third kappa shape index (κ3) is 3.04. The highest BCUT2D eigenvalue weighted by molar-refractivity contribution is 5.99. The normalized spacial score (nSPS) is 17.3. The molecule has 0 unspecified atom stereocenters. The highest BCUT2D eigenvalue weighted by atomic mass is 16.5. The van der Waals surface area contributed by atoms with Crippen molar-refractivity contribution in [1.29, 1.82) is 0 Å². The van der Waals surface area contributed by atoms with E-state index in [2.05, 4.69) is 6.07 Å². The molecule has 0 spiro atoms. The molecule has 1 aliphatic heterocycles. The largest absolute Gasteiger partial charge is 0.481 e. The molecule has 2 atom stereocenters. The lowest BCUT2D eigenvalue weighted by Crippen LogP contribution is -2.43. The van der Waals surface area contributed by atoms with E-state index in [1.165, 1.54) is 12.5 Å². The molecule has 1 amide bonds. The minimum absolute atomic E-state index is 0.00757. The number of nitrogens with zero attached hydrogens (tertiary/aromatic N) is 1. The van der Waals surface area contributed by atoms with Crippen molar-refractivity contribution in [3.8, 4) is 5.75 Å². The van der Waals surface area contributed by atoms with Gasteiger partial charge in [0.1, 0.15) is 5.75 Å². The van der Waals surface area contributed by atoms with E-state index in [4.69, 9.17) is 4.74 Å². The van der Waals surface area contributed by atoms with Crippen LogP contribution in [0.5, 0.6) is 5.75 Å². The number of hydrogen-bond acceptors (Lipinski definition) is 3. The molecule has 24 heavy (non-hydrogen) atoms. The van der Waals surface area contributed by atoms with Crippen LogP contribution in [0, 0.1) is 0 Å². The first-order valence-electron chi connectivity index (χ1n) is 8.16. The number of rotatable bonds is 4. The summed E-state index contributed by atoms with van der Waals surface area (Å²) >= 11 is 0. The van der Waals surface area contributed by atoms with Gasteiger partial charge in [0.15, 0.2) is 11.9 Å². The molecule has 1 heterocycles. The number of benzene rings is 2. The number of hydrogen-bond donors (Lipinski definition) is 0. The fourth-order valence-corrected chi connectivity index (χ4v) is 3.12. The minimum Gasteiger partial charge on any atom is -0.481 e. The fourth-order valence-electron chi connectivity index (χ4n) is 3.12. The summed E-state index contributed by atoms with van der Waals surface area (Å²) in [5.41, 5.74) is 2.79. The predicted molar refractivity (Wildman–Crippen MR) is 93.6 cm³/mol. The maximum absolute atomic E-state index is 12.8.